The summed E-state index contributed by atoms with van der Waals surface area (Å²) in [7, 11) is 2.27. The lowest BCUT2D eigenvalue weighted by Gasteiger charge is -2.39. The van der Waals surface area contributed by atoms with E-state index in [-0.39, 0.29) is 0 Å². The molecule has 1 rings (SSSR count). The number of likely N-dealkylation sites (tertiary alicyclic amines) is 1. The van der Waals surface area contributed by atoms with Gasteiger partial charge < -0.3 is 4.90 Å². The molecule has 0 radical (unpaired) electrons. The van der Waals surface area contributed by atoms with Gasteiger partial charge in [-0.3, -0.25) is 0 Å². The summed E-state index contributed by atoms with van der Waals surface area (Å²) in [6, 6.07) is 0. The van der Waals surface area contributed by atoms with Crippen LogP contribution in [0.25, 0.3) is 0 Å². The van der Waals surface area contributed by atoms with Crippen molar-refractivity contribution in [2.75, 3.05) is 13.6 Å². The fourth-order valence-corrected chi connectivity index (χ4v) is 2.62. The second-order valence-corrected chi connectivity index (χ2v) is 5.68. The van der Waals surface area contributed by atoms with Crippen molar-refractivity contribution >= 4 is 0 Å². The number of hydrogen-bond donors (Lipinski definition) is 0. The van der Waals surface area contributed by atoms with Gasteiger partial charge in [0.15, 0.2) is 0 Å². The summed E-state index contributed by atoms with van der Waals surface area (Å²) in [5.74, 6) is 0. The second-order valence-electron chi connectivity index (χ2n) is 5.68. The van der Waals surface area contributed by atoms with Crippen molar-refractivity contribution in [1.82, 2.24) is 4.90 Å². The zero-order valence-electron chi connectivity index (χ0n) is 9.98. The molecule has 0 bridgehead atoms. The largest absolute Gasteiger partial charge is 0.301 e. The Hall–Kier alpha value is -0.0400. The lowest BCUT2D eigenvalue weighted by molar-refractivity contribution is 0.117. The molecule has 0 amide bonds. The van der Waals surface area contributed by atoms with Crippen LogP contribution < -0.4 is 0 Å². The molecule has 1 nitrogen and oxygen atoms in total. The minimum absolute atomic E-state index is 0.390. The Morgan fingerprint density at radius 1 is 1.23 bits per heavy atom. The zero-order chi connectivity index (χ0) is 10.1. The predicted octanol–water partition coefficient (Wildman–Crippen LogP) is 3.30. The molecule has 1 saturated heterocycles. The van der Waals surface area contributed by atoms with Crippen molar-refractivity contribution in [1.29, 1.82) is 0 Å². The number of hydrogen-bond acceptors (Lipinski definition) is 1. The average Bonchev–Trinajstić information content (AvgIpc) is 2.11. The second kappa shape index (κ2) is 3.61. The monoisotopic (exact) mass is 183 g/mol. The Bertz CT molecular complexity index is 171. The molecule has 0 aromatic carbocycles. The van der Waals surface area contributed by atoms with Gasteiger partial charge in [-0.1, -0.05) is 20.3 Å². The third-order valence-corrected chi connectivity index (χ3v) is 4.02. The first-order valence-electron chi connectivity index (χ1n) is 5.61. The molecular weight excluding hydrogens is 158 g/mol. The van der Waals surface area contributed by atoms with Crippen LogP contribution in [-0.2, 0) is 0 Å². The normalized spacial score (nSPS) is 35.8. The van der Waals surface area contributed by atoms with E-state index in [0.29, 0.717) is 11.0 Å². The first kappa shape index (κ1) is 11.0. The molecule has 0 N–H and O–H groups in total. The molecule has 0 aromatic rings. The van der Waals surface area contributed by atoms with Crippen molar-refractivity contribution in [3.05, 3.63) is 0 Å². The van der Waals surface area contributed by atoms with Gasteiger partial charge >= 0.3 is 0 Å². The van der Waals surface area contributed by atoms with E-state index < -0.39 is 0 Å². The minimum atomic E-state index is 0.390. The molecule has 1 heterocycles. The molecule has 0 aromatic heterocycles. The predicted molar refractivity (Wildman–Crippen MR) is 59.0 cm³/mol. The minimum Gasteiger partial charge on any atom is -0.301 e. The smallest absolute Gasteiger partial charge is 0.0155 e. The molecular formula is C12H25N. The van der Waals surface area contributed by atoms with Crippen LogP contribution in [0.2, 0.25) is 0 Å². The summed E-state index contributed by atoms with van der Waals surface area (Å²) in [5, 5.41) is 0. The van der Waals surface area contributed by atoms with E-state index in [1.165, 1.54) is 32.2 Å². The molecule has 1 unspecified atom stereocenters. The zero-order valence-corrected chi connectivity index (χ0v) is 9.98. The van der Waals surface area contributed by atoms with E-state index in [1.54, 1.807) is 0 Å². The fourth-order valence-electron chi connectivity index (χ4n) is 2.62. The number of nitrogens with zero attached hydrogens (tertiary/aromatic N) is 1. The van der Waals surface area contributed by atoms with Gasteiger partial charge in [-0.25, -0.2) is 0 Å². The molecule has 1 atom stereocenters. The summed E-state index contributed by atoms with van der Waals surface area (Å²) in [4.78, 5) is 2.52. The molecule has 78 valence electrons. The Morgan fingerprint density at radius 3 is 2.38 bits per heavy atom. The van der Waals surface area contributed by atoms with Gasteiger partial charge in [-0.05, 0) is 52.1 Å². The van der Waals surface area contributed by atoms with E-state index in [2.05, 4.69) is 39.6 Å². The van der Waals surface area contributed by atoms with Crippen LogP contribution in [0.15, 0.2) is 0 Å². The standard InChI is InChI=1S/C12H25N/c1-6-12(4)8-7-9-13(5)11(2,3)10-12/h6-10H2,1-5H3. The van der Waals surface area contributed by atoms with Gasteiger partial charge in [0.05, 0.1) is 0 Å². The van der Waals surface area contributed by atoms with Crippen LogP contribution in [0.5, 0.6) is 0 Å². The fraction of sp³-hybridized carbons (Fsp3) is 1.00. The quantitative estimate of drug-likeness (QED) is 0.603. The van der Waals surface area contributed by atoms with Crippen molar-refractivity contribution in [3.63, 3.8) is 0 Å². The third-order valence-electron chi connectivity index (χ3n) is 4.02. The van der Waals surface area contributed by atoms with Crippen LogP contribution in [0.1, 0.15) is 53.4 Å². The van der Waals surface area contributed by atoms with Crippen LogP contribution >= 0.6 is 0 Å². The SMILES string of the molecule is CCC1(C)CCCN(C)C(C)(C)C1. The highest BCUT2D eigenvalue weighted by atomic mass is 15.2. The first-order chi connectivity index (χ1) is 5.90. The maximum absolute atomic E-state index is 2.52. The molecule has 0 spiro atoms. The molecule has 1 heteroatoms. The highest BCUT2D eigenvalue weighted by molar-refractivity contribution is 4.90. The lowest BCUT2D eigenvalue weighted by atomic mass is 9.75. The van der Waals surface area contributed by atoms with Crippen molar-refractivity contribution < 1.29 is 0 Å². The van der Waals surface area contributed by atoms with E-state index in [1.807, 2.05) is 0 Å². The highest BCUT2D eigenvalue weighted by Crippen LogP contribution is 2.40. The topological polar surface area (TPSA) is 3.24 Å². The van der Waals surface area contributed by atoms with Crippen LogP contribution in [0.3, 0.4) is 0 Å². The number of rotatable bonds is 1. The Balaban J connectivity index is 2.76. The van der Waals surface area contributed by atoms with E-state index in [4.69, 9.17) is 0 Å². The Labute approximate surface area is 83.5 Å². The van der Waals surface area contributed by atoms with Gasteiger partial charge in [-0.15, -0.1) is 0 Å². The van der Waals surface area contributed by atoms with Gasteiger partial charge in [0.1, 0.15) is 0 Å². The Morgan fingerprint density at radius 2 is 1.85 bits per heavy atom. The van der Waals surface area contributed by atoms with Gasteiger partial charge in [-0.2, -0.15) is 0 Å². The summed E-state index contributed by atoms with van der Waals surface area (Å²) in [6.45, 7) is 10.8. The molecule has 0 saturated carbocycles. The van der Waals surface area contributed by atoms with Crippen molar-refractivity contribution in [3.8, 4) is 0 Å². The molecule has 1 fully saturated rings. The molecule has 1 aliphatic heterocycles. The molecule has 13 heavy (non-hydrogen) atoms. The summed E-state index contributed by atoms with van der Waals surface area (Å²) < 4.78 is 0. The van der Waals surface area contributed by atoms with E-state index in [0.717, 1.165) is 0 Å². The third kappa shape index (κ3) is 2.46. The Kier molecular flexibility index (Phi) is 3.06. The van der Waals surface area contributed by atoms with E-state index >= 15 is 0 Å². The summed E-state index contributed by atoms with van der Waals surface area (Å²) in [5.41, 5.74) is 0.968. The van der Waals surface area contributed by atoms with Crippen LogP contribution in [-0.4, -0.2) is 24.0 Å². The molecule has 1 aliphatic rings. The lowest BCUT2D eigenvalue weighted by Crippen LogP contribution is -2.42. The van der Waals surface area contributed by atoms with Crippen LogP contribution in [0.4, 0.5) is 0 Å². The van der Waals surface area contributed by atoms with Gasteiger partial charge in [0.25, 0.3) is 0 Å². The highest BCUT2D eigenvalue weighted by Gasteiger charge is 2.35. The first-order valence-corrected chi connectivity index (χ1v) is 5.61. The van der Waals surface area contributed by atoms with Gasteiger partial charge in [0.2, 0.25) is 0 Å². The maximum Gasteiger partial charge on any atom is 0.0155 e. The molecule has 0 aliphatic carbocycles. The van der Waals surface area contributed by atoms with Crippen molar-refractivity contribution in [2.24, 2.45) is 5.41 Å². The van der Waals surface area contributed by atoms with E-state index in [9.17, 15) is 0 Å². The maximum atomic E-state index is 2.52. The average molecular weight is 183 g/mol. The van der Waals surface area contributed by atoms with Crippen molar-refractivity contribution in [2.45, 2.75) is 58.9 Å². The summed E-state index contributed by atoms with van der Waals surface area (Å²) >= 11 is 0. The van der Waals surface area contributed by atoms with Gasteiger partial charge in [0, 0.05) is 5.54 Å². The summed E-state index contributed by atoms with van der Waals surface area (Å²) in [6.07, 6.45) is 5.43. The van der Waals surface area contributed by atoms with Crippen LogP contribution in [0, 0.1) is 5.41 Å².